The van der Waals surface area contributed by atoms with Crippen LogP contribution >= 0.6 is 11.8 Å². The van der Waals surface area contributed by atoms with Gasteiger partial charge in [0, 0.05) is 23.1 Å². The van der Waals surface area contributed by atoms with Crippen molar-refractivity contribution in [3.8, 4) is 0 Å². The predicted octanol–water partition coefficient (Wildman–Crippen LogP) is 2.34. The summed E-state index contributed by atoms with van der Waals surface area (Å²) in [5, 5.41) is 13.3. The summed E-state index contributed by atoms with van der Waals surface area (Å²) >= 11 is 1.89. The minimum absolute atomic E-state index is 0.105. The van der Waals surface area contributed by atoms with E-state index in [9.17, 15) is 4.79 Å². The molecule has 0 heterocycles. The number of aliphatic hydroxyl groups excluding tert-OH is 1. The molecule has 0 radical (unpaired) electrons. The van der Waals surface area contributed by atoms with Crippen molar-refractivity contribution in [1.29, 1.82) is 0 Å². The number of ether oxygens (including phenoxy) is 1. The molecule has 0 aromatic carbocycles. The third-order valence-electron chi connectivity index (χ3n) is 3.66. The lowest BCUT2D eigenvalue weighted by molar-refractivity contribution is -0.151. The molecule has 0 aromatic rings. The highest BCUT2D eigenvalue weighted by atomic mass is 32.2. The van der Waals surface area contributed by atoms with Gasteiger partial charge in [-0.2, -0.15) is 11.8 Å². The number of carbonyl (C=O) groups is 1. The first-order valence-electron chi connectivity index (χ1n) is 7.64. The summed E-state index contributed by atoms with van der Waals surface area (Å²) in [6.45, 7) is 8.78. The molecule has 2 N–H and O–H groups in total. The maximum Gasteiger partial charge on any atom is 0.326 e. The fourth-order valence-electron chi connectivity index (χ4n) is 2.89. The van der Waals surface area contributed by atoms with Gasteiger partial charge in [0.05, 0.1) is 6.61 Å². The van der Waals surface area contributed by atoms with Crippen molar-refractivity contribution in [1.82, 2.24) is 5.32 Å². The van der Waals surface area contributed by atoms with Gasteiger partial charge >= 0.3 is 5.97 Å². The van der Waals surface area contributed by atoms with Gasteiger partial charge in [-0.25, -0.2) is 0 Å². The number of aliphatic hydroxyl groups is 1. The number of nitrogens with one attached hydrogen (secondary N) is 1. The third kappa shape index (κ3) is 4.93. The van der Waals surface area contributed by atoms with Gasteiger partial charge < -0.3 is 9.84 Å². The Morgan fingerprint density at radius 2 is 2.20 bits per heavy atom. The molecule has 4 nitrogen and oxygen atoms in total. The number of carbonyl (C=O) groups excluding carboxylic acids is 1. The van der Waals surface area contributed by atoms with E-state index in [1.54, 1.807) is 0 Å². The first kappa shape index (κ1) is 17.8. The number of thioether (sulfide) groups is 1. The van der Waals surface area contributed by atoms with Gasteiger partial charge in [0.2, 0.25) is 0 Å². The van der Waals surface area contributed by atoms with Crippen LogP contribution in [0.1, 0.15) is 53.4 Å². The standard InChI is InChI=1S/C15H29NO3S/c1-5-19-14(18)15(16-11(2)3)8-6-13(10-15)20-12(4)7-9-17/h11-13,16-17H,5-10H2,1-4H3. The first-order chi connectivity index (χ1) is 9.43. The van der Waals surface area contributed by atoms with Gasteiger partial charge in [-0.3, -0.25) is 10.1 Å². The molecular weight excluding hydrogens is 274 g/mol. The van der Waals surface area contributed by atoms with E-state index in [0.717, 1.165) is 25.7 Å². The Labute approximate surface area is 127 Å². The lowest BCUT2D eigenvalue weighted by atomic mass is 9.96. The van der Waals surface area contributed by atoms with Crippen LogP contribution < -0.4 is 5.32 Å². The zero-order chi connectivity index (χ0) is 15.2. The van der Waals surface area contributed by atoms with E-state index in [0.29, 0.717) is 17.1 Å². The van der Waals surface area contributed by atoms with Crippen molar-refractivity contribution in [3.63, 3.8) is 0 Å². The number of hydrogen-bond donors (Lipinski definition) is 2. The SMILES string of the molecule is CCOC(=O)C1(NC(C)C)CCC(SC(C)CCO)C1. The molecule has 0 spiro atoms. The van der Waals surface area contributed by atoms with Crippen LogP contribution in [-0.4, -0.2) is 46.4 Å². The first-order valence-corrected chi connectivity index (χ1v) is 8.59. The van der Waals surface area contributed by atoms with Crippen LogP contribution in [0.5, 0.6) is 0 Å². The van der Waals surface area contributed by atoms with E-state index >= 15 is 0 Å². The lowest BCUT2D eigenvalue weighted by Gasteiger charge is -2.30. The molecule has 118 valence electrons. The maximum absolute atomic E-state index is 12.3. The summed E-state index contributed by atoms with van der Waals surface area (Å²) in [6, 6.07) is 0.262. The molecular formula is C15H29NO3S. The molecule has 0 saturated heterocycles. The zero-order valence-corrected chi connectivity index (χ0v) is 14.0. The number of rotatable bonds is 8. The molecule has 20 heavy (non-hydrogen) atoms. The second kappa shape index (κ2) is 8.25. The molecule has 1 saturated carbocycles. The molecule has 0 amide bonds. The number of hydrogen-bond acceptors (Lipinski definition) is 5. The molecule has 0 aromatic heterocycles. The van der Waals surface area contributed by atoms with Gasteiger partial charge in [-0.05, 0) is 46.5 Å². The van der Waals surface area contributed by atoms with Gasteiger partial charge in [0.1, 0.15) is 5.54 Å². The Bertz CT molecular complexity index is 311. The monoisotopic (exact) mass is 303 g/mol. The predicted molar refractivity (Wildman–Crippen MR) is 84.0 cm³/mol. The molecule has 5 heteroatoms. The van der Waals surface area contributed by atoms with E-state index in [-0.39, 0.29) is 18.6 Å². The molecule has 1 aliphatic rings. The van der Waals surface area contributed by atoms with Crippen molar-refractivity contribution < 1.29 is 14.6 Å². The largest absolute Gasteiger partial charge is 0.465 e. The fraction of sp³-hybridized carbons (Fsp3) is 0.933. The van der Waals surface area contributed by atoms with Gasteiger partial charge in [-0.15, -0.1) is 0 Å². The lowest BCUT2D eigenvalue weighted by Crippen LogP contribution is -2.54. The van der Waals surface area contributed by atoms with Crippen LogP contribution in [0.4, 0.5) is 0 Å². The highest BCUT2D eigenvalue weighted by Crippen LogP contribution is 2.40. The van der Waals surface area contributed by atoms with E-state index < -0.39 is 5.54 Å². The smallest absolute Gasteiger partial charge is 0.326 e. The van der Waals surface area contributed by atoms with Gasteiger partial charge in [0.15, 0.2) is 0 Å². The van der Waals surface area contributed by atoms with Gasteiger partial charge in [0.25, 0.3) is 0 Å². The summed E-state index contributed by atoms with van der Waals surface area (Å²) in [5.41, 5.74) is -0.513. The minimum Gasteiger partial charge on any atom is -0.465 e. The second-order valence-corrected chi connectivity index (χ2v) is 7.67. The molecule has 1 aliphatic carbocycles. The van der Waals surface area contributed by atoms with E-state index in [1.807, 2.05) is 18.7 Å². The maximum atomic E-state index is 12.3. The molecule has 3 atom stereocenters. The Morgan fingerprint density at radius 1 is 1.50 bits per heavy atom. The Balaban J connectivity index is 2.66. The van der Waals surface area contributed by atoms with E-state index in [1.165, 1.54) is 0 Å². The van der Waals surface area contributed by atoms with Gasteiger partial charge in [-0.1, -0.05) is 6.92 Å². The van der Waals surface area contributed by atoms with Crippen LogP contribution in [0.25, 0.3) is 0 Å². The fourth-order valence-corrected chi connectivity index (χ4v) is 4.43. The Morgan fingerprint density at radius 3 is 2.75 bits per heavy atom. The van der Waals surface area contributed by atoms with Crippen LogP contribution in [-0.2, 0) is 9.53 Å². The third-order valence-corrected chi connectivity index (χ3v) is 5.15. The van der Waals surface area contributed by atoms with Crippen molar-refractivity contribution >= 4 is 17.7 Å². The molecule has 1 fully saturated rings. The van der Waals surface area contributed by atoms with Crippen molar-refractivity contribution in [2.24, 2.45) is 0 Å². The normalized spacial score (nSPS) is 27.8. The topological polar surface area (TPSA) is 58.6 Å². The van der Waals surface area contributed by atoms with Crippen LogP contribution in [0, 0.1) is 0 Å². The zero-order valence-electron chi connectivity index (χ0n) is 13.1. The van der Waals surface area contributed by atoms with Crippen molar-refractivity contribution in [2.45, 2.75) is 75.5 Å². The van der Waals surface area contributed by atoms with Crippen molar-refractivity contribution in [2.75, 3.05) is 13.2 Å². The van der Waals surface area contributed by atoms with E-state index in [2.05, 4.69) is 26.1 Å². The van der Waals surface area contributed by atoms with Crippen LogP contribution in [0.15, 0.2) is 0 Å². The Kier molecular flexibility index (Phi) is 7.34. The quantitative estimate of drug-likeness (QED) is 0.674. The summed E-state index contributed by atoms with van der Waals surface area (Å²) in [7, 11) is 0. The molecule has 0 bridgehead atoms. The highest BCUT2D eigenvalue weighted by molar-refractivity contribution is 8.00. The van der Waals surface area contributed by atoms with E-state index in [4.69, 9.17) is 9.84 Å². The van der Waals surface area contributed by atoms with Crippen molar-refractivity contribution in [3.05, 3.63) is 0 Å². The average molecular weight is 303 g/mol. The minimum atomic E-state index is -0.513. The van der Waals surface area contributed by atoms with Crippen LogP contribution in [0.2, 0.25) is 0 Å². The highest BCUT2D eigenvalue weighted by Gasteiger charge is 2.47. The Hall–Kier alpha value is -0.260. The summed E-state index contributed by atoms with van der Waals surface area (Å²) < 4.78 is 5.28. The number of esters is 1. The summed E-state index contributed by atoms with van der Waals surface area (Å²) in [5.74, 6) is -0.105. The summed E-state index contributed by atoms with van der Waals surface area (Å²) in [6.07, 6.45) is 3.50. The van der Waals surface area contributed by atoms with Crippen LogP contribution in [0.3, 0.4) is 0 Å². The molecule has 1 rings (SSSR count). The molecule has 3 unspecified atom stereocenters. The second-order valence-electron chi connectivity index (χ2n) is 5.93. The summed E-state index contributed by atoms with van der Waals surface area (Å²) in [4.78, 5) is 12.3. The average Bonchev–Trinajstić information content (AvgIpc) is 2.73. The molecule has 0 aliphatic heterocycles.